The Kier molecular flexibility index (Phi) is 6.09. The molecule has 0 radical (unpaired) electrons. The van der Waals surface area contributed by atoms with Gasteiger partial charge in [0.1, 0.15) is 5.82 Å². The zero-order valence-electron chi connectivity index (χ0n) is 15.1. The standard InChI is InChI=1S/C19H24Cl2N4O/c1-13(2)23-19(26)25(10-14-3-4-14)12-18-22-7-8-24(18)11-15-5-6-16(20)9-17(15)21/h5-9,13-14H,3-4,10-12H2,1-2H3,(H,23,26). The lowest BCUT2D eigenvalue weighted by Gasteiger charge is -2.24. The van der Waals surface area contributed by atoms with E-state index in [-0.39, 0.29) is 12.1 Å². The second kappa shape index (κ2) is 8.31. The minimum absolute atomic E-state index is 0.0361. The summed E-state index contributed by atoms with van der Waals surface area (Å²) in [6, 6.07) is 5.56. The van der Waals surface area contributed by atoms with E-state index in [1.54, 1.807) is 12.3 Å². The van der Waals surface area contributed by atoms with Crippen LogP contribution in [0, 0.1) is 5.92 Å². The van der Waals surface area contributed by atoms with Crippen molar-refractivity contribution in [2.24, 2.45) is 5.92 Å². The highest BCUT2D eigenvalue weighted by Crippen LogP contribution is 2.30. The van der Waals surface area contributed by atoms with Crippen LogP contribution in [0.25, 0.3) is 0 Å². The third kappa shape index (κ3) is 5.15. The van der Waals surface area contributed by atoms with Crippen LogP contribution in [-0.4, -0.2) is 33.1 Å². The maximum absolute atomic E-state index is 12.5. The largest absolute Gasteiger partial charge is 0.336 e. The fraction of sp³-hybridized carbons (Fsp3) is 0.474. The molecule has 7 heteroatoms. The van der Waals surface area contributed by atoms with Crippen LogP contribution < -0.4 is 5.32 Å². The number of carbonyl (C=O) groups is 1. The van der Waals surface area contributed by atoms with Gasteiger partial charge in [-0.2, -0.15) is 0 Å². The Morgan fingerprint density at radius 2 is 2.15 bits per heavy atom. The highest BCUT2D eigenvalue weighted by molar-refractivity contribution is 6.35. The first-order valence-corrected chi connectivity index (χ1v) is 9.67. The number of benzene rings is 1. The van der Waals surface area contributed by atoms with E-state index in [9.17, 15) is 4.79 Å². The topological polar surface area (TPSA) is 50.2 Å². The van der Waals surface area contributed by atoms with Gasteiger partial charge < -0.3 is 14.8 Å². The second-order valence-electron chi connectivity index (χ2n) is 7.14. The van der Waals surface area contributed by atoms with Crippen LogP contribution in [0.4, 0.5) is 4.79 Å². The molecule has 3 rings (SSSR count). The van der Waals surface area contributed by atoms with E-state index in [1.807, 2.05) is 41.6 Å². The van der Waals surface area contributed by atoms with Gasteiger partial charge in [-0.25, -0.2) is 9.78 Å². The molecule has 1 saturated carbocycles. The molecule has 2 aromatic rings. The van der Waals surface area contributed by atoms with Crippen LogP contribution in [0.5, 0.6) is 0 Å². The lowest BCUT2D eigenvalue weighted by Crippen LogP contribution is -2.43. The summed E-state index contributed by atoms with van der Waals surface area (Å²) in [4.78, 5) is 18.9. The highest BCUT2D eigenvalue weighted by Gasteiger charge is 2.28. The van der Waals surface area contributed by atoms with Crippen molar-refractivity contribution >= 4 is 29.2 Å². The number of urea groups is 1. The summed E-state index contributed by atoms with van der Waals surface area (Å²) in [7, 11) is 0. The number of carbonyl (C=O) groups excluding carboxylic acids is 1. The van der Waals surface area contributed by atoms with Gasteiger partial charge in [-0.05, 0) is 50.3 Å². The molecule has 140 valence electrons. The monoisotopic (exact) mass is 394 g/mol. The van der Waals surface area contributed by atoms with Gasteiger partial charge in [0.05, 0.1) is 13.1 Å². The minimum atomic E-state index is -0.0361. The number of imidazole rings is 1. The maximum Gasteiger partial charge on any atom is 0.318 e. The first-order chi connectivity index (χ1) is 12.4. The van der Waals surface area contributed by atoms with E-state index >= 15 is 0 Å². The van der Waals surface area contributed by atoms with Crippen LogP contribution >= 0.6 is 23.2 Å². The number of hydrogen-bond acceptors (Lipinski definition) is 2. The summed E-state index contributed by atoms with van der Waals surface area (Å²) in [5.74, 6) is 1.46. The molecule has 1 N–H and O–H groups in total. The van der Waals surface area contributed by atoms with Gasteiger partial charge in [-0.3, -0.25) is 0 Å². The molecule has 1 aliphatic carbocycles. The van der Waals surface area contributed by atoms with E-state index in [4.69, 9.17) is 23.2 Å². The lowest BCUT2D eigenvalue weighted by atomic mass is 10.2. The van der Waals surface area contributed by atoms with E-state index in [0.717, 1.165) is 17.9 Å². The molecule has 0 saturated heterocycles. The number of amides is 2. The van der Waals surface area contributed by atoms with Gasteiger partial charge >= 0.3 is 6.03 Å². The molecule has 1 heterocycles. The zero-order valence-corrected chi connectivity index (χ0v) is 16.6. The van der Waals surface area contributed by atoms with Gasteiger partial charge in [0, 0.05) is 35.0 Å². The van der Waals surface area contributed by atoms with E-state index in [2.05, 4.69) is 10.3 Å². The first kappa shape index (κ1) is 19.1. The molecule has 0 aliphatic heterocycles. The third-order valence-electron chi connectivity index (χ3n) is 4.36. The molecule has 0 atom stereocenters. The van der Waals surface area contributed by atoms with Gasteiger partial charge in [0.15, 0.2) is 0 Å². The van der Waals surface area contributed by atoms with Gasteiger partial charge in [-0.1, -0.05) is 29.3 Å². The van der Waals surface area contributed by atoms with E-state index in [0.29, 0.717) is 29.1 Å². The Balaban J connectivity index is 1.73. The van der Waals surface area contributed by atoms with Gasteiger partial charge in [0.25, 0.3) is 0 Å². The zero-order chi connectivity index (χ0) is 18.7. The van der Waals surface area contributed by atoms with Crippen molar-refractivity contribution in [1.82, 2.24) is 19.8 Å². The second-order valence-corrected chi connectivity index (χ2v) is 7.98. The van der Waals surface area contributed by atoms with Crippen molar-refractivity contribution < 1.29 is 4.79 Å². The van der Waals surface area contributed by atoms with E-state index < -0.39 is 0 Å². The summed E-state index contributed by atoms with van der Waals surface area (Å²) in [6.45, 7) is 5.78. The predicted octanol–water partition coefficient (Wildman–Crippen LogP) is 4.57. The van der Waals surface area contributed by atoms with Crippen LogP contribution in [0.3, 0.4) is 0 Å². The summed E-state index contributed by atoms with van der Waals surface area (Å²) in [6.07, 6.45) is 6.06. The van der Waals surface area contributed by atoms with Gasteiger partial charge in [0.2, 0.25) is 0 Å². The molecule has 1 aromatic carbocycles. The highest BCUT2D eigenvalue weighted by atomic mass is 35.5. The maximum atomic E-state index is 12.5. The summed E-state index contributed by atoms with van der Waals surface area (Å²) < 4.78 is 2.03. The average Bonchev–Trinajstić information content (AvgIpc) is 3.27. The van der Waals surface area contributed by atoms with E-state index in [1.165, 1.54) is 12.8 Å². The number of rotatable bonds is 7. The Morgan fingerprint density at radius 3 is 2.81 bits per heavy atom. The Hall–Kier alpha value is -1.72. The Morgan fingerprint density at radius 1 is 1.38 bits per heavy atom. The molecule has 1 fully saturated rings. The number of aromatic nitrogens is 2. The number of hydrogen-bond donors (Lipinski definition) is 1. The fourth-order valence-electron chi connectivity index (χ4n) is 2.81. The van der Waals surface area contributed by atoms with Crippen molar-refractivity contribution in [1.29, 1.82) is 0 Å². The Bertz CT molecular complexity index is 771. The van der Waals surface area contributed by atoms with Crippen molar-refractivity contribution in [3.05, 3.63) is 52.0 Å². The van der Waals surface area contributed by atoms with Crippen molar-refractivity contribution in [3.63, 3.8) is 0 Å². The molecule has 26 heavy (non-hydrogen) atoms. The molecule has 0 unspecified atom stereocenters. The van der Waals surface area contributed by atoms with Crippen LogP contribution in [0.1, 0.15) is 38.1 Å². The molecular weight excluding hydrogens is 371 g/mol. The van der Waals surface area contributed by atoms with Crippen molar-refractivity contribution in [2.75, 3.05) is 6.54 Å². The molecule has 0 spiro atoms. The van der Waals surface area contributed by atoms with Crippen LogP contribution in [-0.2, 0) is 13.1 Å². The van der Waals surface area contributed by atoms with Crippen molar-refractivity contribution in [2.45, 2.75) is 45.8 Å². The molecule has 1 aromatic heterocycles. The third-order valence-corrected chi connectivity index (χ3v) is 4.95. The SMILES string of the molecule is CC(C)NC(=O)N(Cc1nccn1Cc1ccc(Cl)cc1Cl)CC1CC1. The normalized spacial score (nSPS) is 13.9. The van der Waals surface area contributed by atoms with Gasteiger partial charge in [-0.15, -0.1) is 0 Å². The summed E-state index contributed by atoms with van der Waals surface area (Å²) >= 11 is 12.3. The minimum Gasteiger partial charge on any atom is -0.336 e. The Labute approximate surface area is 164 Å². The van der Waals surface area contributed by atoms with Crippen molar-refractivity contribution in [3.8, 4) is 0 Å². The summed E-state index contributed by atoms with van der Waals surface area (Å²) in [5, 5.41) is 4.23. The van der Waals surface area contributed by atoms with Crippen LogP contribution in [0.15, 0.2) is 30.6 Å². The lowest BCUT2D eigenvalue weighted by molar-refractivity contribution is 0.187. The smallest absolute Gasteiger partial charge is 0.318 e. The molecule has 5 nitrogen and oxygen atoms in total. The number of halogens is 2. The quantitative estimate of drug-likeness (QED) is 0.747. The summed E-state index contributed by atoms with van der Waals surface area (Å²) in [5.41, 5.74) is 0.968. The van der Waals surface area contributed by atoms with Crippen LogP contribution in [0.2, 0.25) is 10.0 Å². The predicted molar refractivity (Wildman–Crippen MR) is 105 cm³/mol. The molecule has 1 aliphatic rings. The fourth-order valence-corrected chi connectivity index (χ4v) is 3.28. The first-order valence-electron chi connectivity index (χ1n) is 8.91. The molecule has 2 amide bonds. The average molecular weight is 395 g/mol. The molecular formula is C19H24Cl2N4O. The molecule has 0 bridgehead atoms. The number of nitrogens with zero attached hydrogens (tertiary/aromatic N) is 3. The number of nitrogens with one attached hydrogen (secondary N) is 1.